The molecule has 2 atom stereocenters. The van der Waals surface area contributed by atoms with E-state index in [9.17, 15) is 9.50 Å². The second-order valence-electron chi connectivity index (χ2n) is 3.41. The second-order valence-corrected chi connectivity index (χ2v) is 3.41. The Hall–Kier alpha value is -1.13. The van der Waals surface area contributed by atoms with E-state index in [1.54, 1.807) is 0 Å². The highest BCUT2D eigenvalue weighted by Gasteiger charge is 2.16. The number of methoxy groups -OCH3 is 1. The Labute approximate surface area is 88.7 Å². The molecule has 0 amide bonds. The van der Waals surface area contributed by atoms with Gasteiger partial charge in [-0.05, 0) is 24.1 Å². The Balaban J connectivity index is 2.95. The van der Waals surface area contributed by atoms with Crippen molar-refractivity contribution in [2.75, 3.05) is 7.11 Å². The molecule has 1 aromatic rings. The minimum absolute atomic E-state index is 0.120. The van der Waals surface area contributed by atoms with Crippen LogP contribution in [0, 0.1) is 5.82 Å². The lowest BCUT2D eigenvalue weighted by Gasteiger charge is -2.18. The van der Waals surface area contributed by atoms with Gasteiger partial charge in [-0.25, -0.2) is 4.39 Å². The van der Waals surface area contributed by atoms with Crippen molar-refractivity contribution in [3.05, 3.63) is 29.6 Å². The summed E-state index contributed by atoms with van der Waals surface area (Å²) in [5.74, 6) is -0.326. The van der Waals surface area contributed by atoms with Gasteiger partial charge < -0.3 is 15.6 Å². The number of halogens is 1. The second kappa shape index (κ2) is 5.09. The molecule has 0 spiro atoms. The van der Waals surface area contributed by atoms with E-state index >= 15 is 0 Å². The molecule has 0 aromatic heterocycles. The molecule has 0 radical (unpaired) electrons. The van der Waals surface area contributed by atoms with E-state index in [0.29, 0.717) is 12.0 Å². The van der Waals surface area contributed by atoms with Crippen LogP contribution < -0.4 is 10.5 Å². The van der Waals surface area contributed by atoms with Crippen molar-refractivity contribution in [1.82, 2.24) is 0 Å². The summed E-state index contributed by atoms with van der Waals surface area (Å²) in [7, 11) is 1.38. The van der Waals surface area contributed by atoms with Crippen LogP contribution in [0.5, 0.6) is 5.75 Å². The fourth-order valence-corrected chi connectivity index (χ4v) is 1.33. The first-order valence-corrected chi connectivity index (χ1v) is 4.87. The summed E-state index contributed by atoms with van der Waals surface area (Å²) in [6.07, 6.45) is -0.134. The molecule has 1 rings (SSSR count). The molecule has 0 aliphatic heterocycles. The van der Waals surface area contributed by atoms with Crippen molar-refractivity contribution in [3.63, 3.8) is 0 Å². The fraction of sp³-hybridized carbons (Fsp3) is 0.455. The van der Waals surface area contributed by atoms with Crippen LogP contribution in [0.1, 0.15) is 25.0 Å². The predicted molar refractivity (Wildman–Crippen MR) is 56.2 cm³/mol. The van der Waals surface area contributed by atoms with Crippen molar-refractivity contribution in [3.8, 4) is 5.75 Å². The first kappa shape index (κ1) is 11.9. The third-order valence-electron chi connectivity index (χ3n) is 2.39. The summed E-state index contributed by atoms with van der Waals surface area (Å²) in [4.78, 5) is 0. The van der Waals surface area contributed by atoms with Gasteiger partial charge in [0.2, 0.25) is 0 Å². The summed E-state index contributed by atoms with van der Waals surface area (Å²) in [5, 5.41) is 9.80. The van der Waals surface area contributed by atoms with Crippen LogP contribution in [-0.4, -0.2) is 18.3 Å². The zero-order valence-corrected chi connectivity index (χ0v) is 8.90. The molecule has 84 valence electrons. The van der Waals surface area contributed by atoms with Crippen LogP contribution in [0.3, 0.4) is 0 Å². The molecule has 0 saturated heterocycles. The van der Waals surface area contributed by atoms with E-state index in [4.69, 9.17) is 10.5 Å². The van der Waals surface area contributed by atoms with Gasteiger partial charge in [0.25, 0.3) is 0 Å². The van der Waals surface area contributed by atoms with Gasteiger partial charge in [0.15, 0.2) is 11.6 Å². The van der Waals surface area contributed by atoms with Crippen molar-refractivity contribution < 1.29 is 14.2 Å². The fourth-order valence-electron chi connectivity index (χ4n) is 1.33. The topological polar surface area (TPSA) is 55.5 Å². The summed E-state index contributed by atoms with van der Waals surface area (Å²) >= 11 is 0. The summed E-state index contributed by atoms with van der Waals surface area (Å²) in [5.41, 5.74) is 6.27. The van der Waals surface area contributed by atoms with Crippen LogP contribution in [0.2, 0.25) is 0 Å². The minimum atomic E-state index is -0.788. The van der Waals surface area contributed by atoms with E-state index in [-0.39, 0.29) is 11.8 Å². The molecule has 0 aliphatic rings. The lowest BCUT2D eigenvalue weighted by molar-refractivity contribution is 0.144. The van der Waals surface area contributed by atoms with Crippen molar-refractivity contribution >= 4 is 0 Å². The third-order valence-corrected chi connectivity index (χ3v) is 2.39. The quantitative estimate of drug-likeness (QED) is 0.798. The van der Waals surface area contributed by atoms with E-state index in [1.165, 1.54) is 25.3 Å². The highest BCUT2D eigenvalue weighted by molar-refractivity contribution is 5.32. The van der Waals surface area contributed by atoms with E-state index in [2.05, 4.69) is 0 Å². The number of aliphatic hydroxyl groups is 1. The molecule has 4 heteroatoms. The molecule has 3 nitrogen and oxygen atoms in total. The number of hydrogen-bond acceptors (Lipinski definition) is 3. The van der Waals surface area contributed by atoms with Crippen LogP contribution in [0.25, 0.3) is 0 Å². The number of ether oxygens (including phenoxy) is 1. The largest absolute Gasteiger partial charge is 0.494 e. The average Bonchev–Trinajstić information content (AvgIpc) is 2.27. The Morgan fingerprint density at radius 1 is 1.53 bits per heavy atom. The maximum atomic E-state index is 13.1. The van der Waals surface area contributed by atoms with Crippen LogP contribution in [0.4, 0.5) is 4.39 Å². The molecule has 3 N–H and O–H groups in total. The van der Waals surface area contributed by atoms with Crippen molar-refractivity contribution in [2.24, 2.45) is 5.73 Å². The summed E-state index contributed by atoms with van der Waals surface area (Å²) in [6, 6.07) is 3.90. The molecule has 0 saturated carbocycles. The number of aliphatic hydroxyl groups excluding tert-OH is 1. The molecular formula is C11H16FNO2. The summed E-state index contributed by atoms with van der Waals surface area (Å²) in [6.45, 7) is 1.88. The molecular weight excluding hydrogens is 197 g/mol. The lowest BCUT2D eigenvalue weighted by atomic mass is 10.0. The van der Waals surface area contributed by atoms with Gasteiger partial charge >= 0.3 is 0 Å². The van der Waals surface area contributed by atoms with Crippen LogP contribution in [-0.2, 0) is 0 Å². The zero-order valence-electron chi connectivity index (χ0n) is 8.90. The average molecular weight is 213 g/mol. The van der Waals surface area contributed by atoms with Crippen LogP contribution in [0.15, 0.2) is 18.2 Å². The number of benzene rings is 1. The molecule has 15 heavy (non-hydrogen) atoms. The Kier molecular flexibility index (Phi) is 4.05. The smallest absolute Gasteiger partial charge is 0.165 e. The highest BCUT2D eigenvalue weighted by atomic mass is 19.1. The van der Waals surface area contributed by atoms with Gasteiger partial charge in [-0.2, -0.15) is 0 Å². The SMILES string of the molecule is CCC(N)C(O)c1ccc(F)c(OC)c1. The van der Waals surface area contributed by atoms with Gasteiger partial charge in [0.1, 0.15) is 0 Å². The predicted octanol–water partition coefficient (Wildman–Crippen LogP) is 1.60. The van der Waals surface area contributed by atoms with E-state index in [1.807, 2.05) is 6.92 Å². The first-order valence-electron chi connectivity index (χ1n) is 4.87. The third kappa shape index (κ3) is 2.67. The molecule has 0 heterocycles. The van der Waals surface area contributed by atoms with Crippen LogP contribution >= 0.6 is 0 Å². The van der Waals surface area contributed by atoms with Crippen molar-refractivity contribution in [1.29, 1.82) is 0 Å². The number of hydrogen-bond donors (Lipinski definition) is 2. The summed E-state index contributed by atoms with van der Waals surface area (Å²) < 4.78 is 17.9. The highest BCUT2D eigenvalue weighted by Crippen LogP contribution is 2.24. The van der Waals surface area contributed by atoms with E-state index in [0.717, 1.165) is 0 Å². The standard InChI is InChI=1S/C11H16FNO2/c1-3-9(13)11(14)7-4-5-8(12)10(6-7)15-2/h4-6,9,11,14H,3,13H2,1-2H3. The number of nitrogens with two attached hydrogens (primary N) is 1. The molecule has 0 fully saturated rings. The molecule has 2 unspecified atom stereocenters. The maximum Gasteiger partial charge on any atom is 0.165 e. The zero-order chi connectivity index (χ0) is 11.4. The normalized spacial score (nSPS) is 14.7. The monoisotopic (exact) mass is 213 g/mol. The minimum Gasteiger partial charge on any atom is -0.494 e. The van der Waals surface area contributed by atoms with E-state index < -0.39 is 11.9 Å². The molecule has 1 aromatic carbocycles. The van der Waals surface area contributed by atoms with Gasteiger partial charge in [0.05, 0.1) is 13.2 Å². The first-order chi connectivity index (χ1) is 7.10. The molecule has 0 aliphatic carbocycles. The van der Waals surface area contributed by atoms with Crippen molar-refractivity contribution in [2.45, 2.75) is 25.5 Å². The number of rotatable bonds is 4. The Bertz CT molecular complexity index is 330. The van der Waals surface area contributed by atoms with Gasteiger partial charge in [0, 0.05) is 6.04 Å². The molecule has 0 bridgehead atoms. The Morgan fingerprint density at radius 2 is 2.20 bits per heavy atom. The lowest BCUT2D eigenvalue weighted by Crippen LogP contribution is -2.27. The van der Waals surface area contributed by atoms with Gasteiger partial charge in [-0.1, -0.05) is 13.0 Å². The van der Waals surface area contributed by atoms with Gasteiger partial charge in [-0.3, -0.25) is 0 Å². The Morgan fingerprint density at radius 3 is 2.73 bits per heavy atom. The van der Waals surface area contributed by atoms with Gasteiger partial charge in [-0.15, -0.1) is 0 Å². The maximum absolute atomic E-state index is 13.1.